The Hall–Kier alpha value is -0.200. The number of halogens is 2. The summed E-state index contributed by atoms with van der Waals surface area (Å²) < 4.78 is 23.4. The van der Waals surface area contributed by atoms with Crippen LogP contribution < -0.4 is 0 Å². The topological polar surface area (TPSA) is 51.2 Å². The second kappa shape index (κ2) is 5.84. The number of Topliss-reactive ketones (excluding diaryl/α,β-unsaturated/α-hetero) is 1. The van der Waals surface area contributed by atoms with Crippen molar-refractivity contribution < 1.29 is 13.2 Å². The molecule has 0 fully saturated rings. The lowest BCUT2D eigenvalue weighted by Gasteiger charge is -2.24. The fourth-order valence-corrected chi connectivity index (χ4v) is 4.05. The largest absolute Gasteiger partial charge is 0.291 e. The van der Waals surface area contributed by atoms with Gasteiger partial charge in [0.25, 0.3) is 0 Å². The van der Waals surface area contributed by atoms with E-state index in [-0.39, 0.29) is 12.2 Å². The van der Waals surface area contributed by atoms with Crippen molar-refractivity contribution in [2.45, 2.75) is 23.9 Å². The van der Waals surface area contributed by atoms with Crippen LogP contribution in [0.4, 0.5) is 0 Å². The van der Waals surface area contributed by atoms with Gasteiger partial charge in [-0.25, -0.2) is 8.42 Å². The van der Waals surface area contributed by atoms with E-state index >= 15 is 0 Å². The van der Waals surface area contributed by atoms with E-state index in [1.54, 1.807) is 31.2 Å². The molecule has 1 rings (SSSR count). The molecule has 100 valence electrons. The summed E-state index contributed by atoms with van der Waals surface area (Å²) in [5, 5.41) is 0. The minimum atomic E-state index is -3.51. The smallest absolute Gasteiger partial charge is 0.194 e. The first-order chi connectivity index (χ1) is 8.28. The predicted molar refractivity (Wildman–Crippen MR) is 79.9 cm³/mol. The van der Waals surface area contributed by atoms with Gasteiger partial charge in [-0.2, -0.15) is 0 Å². The molecule has 0 saturated carbocycles. The summed E-state index contributed by atoms with van der Waals surface area (Å²) in [5.41, 5.74) is 0.383. The first-order valence-corrected chi connectivity index (χ1v) is 8.74. The molecule has 0 aliphatic rings. The van der Waals surface area contributed by atoms with Crippen LogP contribution in [0.3, 0.4) is 0 Å². The van der Waals surface area contributed by atoms with E-state index in [4.69, 9.17) is 0 Å². The predicted octanol–water partition coefficient (Wildman–Crippen LogP) is 3.57. The number of rotatable bonds is 5. The van der Waals surface area contributed by atoms with Crippen LogP contribution in [0.25, 0.3) is 0 Å². The van der Waals surface area contributed by atoms with Crippen LogP contribution in [0.5, 0.6) is 0 Å². The van der Waals surface area contributed by atoms with Gasteiger partial charge in [0.2, 0.25) is 0 Å². The van der Waals surface area contributed by atoms with Crippen molar-refractivity contribution in [2.24, 2.45) is 0 Å². The minimum absolute atomic E-state index is 0.0750. The summed E-state index contributed by atoms with van der Waals surface area (Å²) in [7, 11) is -3.51. The van der Waals surface area contributed by atoms with Crippen molar-refractivity contribution in [1.82, 2.24) is 0 Å². The Bertz CT molecular complexity index is 537. The fraction of sp³-hybridized carbons (Fsp3) is 0.417. The zero-order valence-electron chi connectivity index (χ0n) is 10.1. The summed E-state index contributed by atoms with van der Waals surface area (Å²) in [5.74, 6) is -0.492. The highest BCUT2D eigenvalue weighted by Gasteiger charge is 2.45. The zero-order chi connectivity index (χ0) is 14.0. The molecule has 0 unspecified atom stereocenters. The second-order valence-corrected chi connectivity index (χ2v) is 9.12. The third-order valence-corrected chi connectivity index (χ3v) is 7.92. The van der Waals surface area contributed by atoms with E-state index in [2.05, 4.69) is 31.9 Å². The Balaban J connectivity index is 3.26. The van der Waals surface area contributed by atoms with Crippen molar-refractivity contribution >= 4 is 47.5 Å². The molecule has 0 spiro atoms. The third kappa shape index (κ3) is 2.86. The maximum Gasteiger partial charge on any atom is 0.194 e. The third-order valence-electron chi connectivity index (χ3n) is 2.77. The summed E-state index contributed by atoms with van der Waals surface area (Å²) in [6.07, 6.45) is 0.193. The molecule has 0 amide bonds. The molecule has 0 aromatic heterocycles. The molecule has 3 nitrogen and oxygen atoms in total. The Morgan fingerprint density at radius 1 is 1.22 bits per heavy atom. The van der Waals surface area contributed by atoms with Crippen molar-refractivity contribution in [2.75, 3.05) is 5.75 Å². The summed E-state index contributed by atoms with van der Waals surface area (Å²) in [6.45, 7) is 3.22. The molecule has 0 N–H and O–H groups in total. The van der Waals surface area contributed by atoms with Crippen molar-refractivity contribution in [3.63, 3.8) is 0 Å². The second-order valence-electron chi connectivity index (χ2n) is 3.82. The number of carbonyl (C=O) groups is 1. The van der Waals surface area contributed by atoms with Gasteiger partial charge in [0, 0.05) is 15.8 Å². The standard InChI is InChI=1S/C12H14Br2O3S/c1-3-12(14,18(16,17)4-2)11(15)9-5-7-10(13)8-6-9/h5-8H,3-4H2,1-2H3/t12-/m0/s1. The Labute approximate surface area is 124 Å². The molecule has 0 bridgehead atoms. The minimum Gasteiger partial charge on any atom is -0.291 e. The number of hydrogen-bond donors (Lipinski definition) is 0. The van der Waals surface area contributed by atoms with Crippen molar-refractivity contribution in [3.8, 4) is 0 Å². The van der Waals surface area contributed by atoms with Gasteiger partial charge in [-0.15, -0.1) is 0 Å². The van der Waals surface area contributed by atoms with Gasteiger partial charge < -0.3 is 0 Å². The first-order valence-electron chi connectivity index (χ1n) is 5.50. The number of carbonyl (C=O) groups excluding carboxylic acids is 1. The number of sulfone groups is 1. The Morgan fingerprint density at radius 3 is 2.11 bits per heavy atom. The fourth-order valence-electron chi connectivity index (χ4n) is 1.57. The van der Waals surface area contributed by atoms with E-state index < -0.39 is 19.3 Å². The Kier molecular flexibility index (Phi) is 5.14. The van der Waals surface area contributed by atoms with Crippen LogP contribution in [0, 0.1) is 0 Å². The van der Waals surface area contributed by atoms with E-state index in [1.165, 1.54) is 6.92 Å². The van der Waals surface area contributed by atoms with Gasteiger partial charge in [-0.1, -0.05) is 57.8 Å². The molecule has 1 aromatic rings. The maximum atomic E-state index is 12.4. The lowest BCUT2D eigenvalue weighted by atomic mass is 10.1. The average molecular weight is 398 g/mol. The van der Waals surface area contributed by atoms with Gasteiger partial charge >= 0.3 is 0 Å². The van der Waals surface area contributed by atoms with Crippen LogP contribution in [-0.2, 0) is 9.84 Å². The maximum absolute atomic E-state index is 12.4. The van der Waals surface area contributed by atoms with E-state index in [1.807, 2.05) is 0 Å². The average Bonchev–Trinajstić information content (AvgIpc) is 2.37. The lowest BCUT2D eigenvalue weighted by molar-refractivity contribution is 0.0976. The molecule has 0 aliphatic carbocycles. The monoisotopic (exact) mass is 396 g/mol. The SMILES string of the molecule is CC[C@@](Br)(C(=O)c1ccc(Br)cc1)S(=O)(=O)CC. The molecular weight excluding hydrogens is 384 g/mol. The van der Waals surface area contributed by atoms with Gasteiger partial charge in [0.1, 0.15) is 0 Å². The molecular formula is C12H14Br2O3S. The molecule has 1 aromatic carbocycles. The number of alkyl halides is 1. The normalized spacial score (nSPS) is 15.1. The van der Waals surface area contributed by atoms with E-state index in [0.29, 0.717) is 5.56 Å². The first kappa shape index (κ1) is 15.9. The Morgan fingerprint density at radius 2 is 1.72 bits per heavy atom. The number of benzene rings is 1. The quantitative estimate of drug-likeness (QED) is 0.563. The summed E-state index contributed by atoms with van der Waals surface area (Å²) in [6, 6.07) is 6.66. The van der Waals surface area contributed by atoms with Gasteiger partial charge in [-0.05, 0) is 18.6 Å². The molecule has 0 aliphatic heterocycles. The van der Waals surface area contributed by atoms with Crippen molar-refractivity contribution in [3.05, 3.63) is 34.3 Å². The van der Waals surface area contributed by atoms with Crippen LogP contribution in [0.2, 0.25) is 0 Å². The number of hydrogen-bond acceptors (Lipinski definition) is 3. The van der Waals surface area contributed by atoms with Crippen LogP contribution in [-0.4, -0.2) is 23.6 Å². The highest BCUT2D eigenvalue weighted by atomic mass is 79.9. The zero-order valence-corrected chi connectivity index (χ0v) is 14.1. The molecule has 1 atom stereocenters. The van der Waals surface area contributed by atoms with Gasteiger partial charge in [0.15, 0.2) is 19.3 Å². The van der Waals surface area contributed by atoms with E-state index in [0.717, 1.165) is 4.47 Å². The van der Waals surface area contributed by atoms with E-state index in [9.17, 15) is 13.2 Å². The molecule has 6 heteroatoms. The van der Waals surface area contributed by atoms with Crippen molar-refractivity contribution in [1.29, 1.82) is 0 Å². The molecule has 0 radical (unpaired) electrons. The molecule has 0 saturated heterocycles. The molecule has 0 heterocycles. The highest BCUT2D eigenvalue weighted by Crippen LogP contribution is 2.34. The lowest BCUT2D eigenvalue weighted by Crippen LogP contribution is -2.41. The van der Waals surface area contributed by atoms with Gasteiger partial charge in [0.05, 0.1) is 0 Å². The highest BCUT2D eigenvalue weighted by molar-refractivity contribution is 9.12. The van der Waals surface area contributed by atoms with Crippen LogP contribution in [0.15, 0.2) is 28.7 Å². The van der Waals surface area contributed by atoms with Crippen LogP contribution in [0.1, 0.15) is 30.6 Å². The summed E-state index contributed by atoms with van der Waals surface area (Å²) in [4.78, 5) is 12.4. The van der Waals surface area contributed by atoms with Gasteiger partial charge in [-0.3, -0.25) is 4.79 Å². The van der Waals surface area contributed by atoms with Crippen LogP contribution >= 0.6 is 31.9 Å². The number of ketones is 1. The summed E-state index contributed by atoms with van der Waals surface area (Å²) >= 11 is 6.41. The molecule has 18 heavy (non-hydrogen) atoms.